The van der Waals surface area contributed by atoms with Gasteiger partial charge in [0.2, 0.25) is 0 Å². The molecule has 1 aliphatic carbocycles. The van der Waals surface area contributed by atoms with Gasteiger partial charge in [-0.25, -0.2) is 4.98 Å². The second-order valence-electron chi connectivity index (χ2n) is 6.99. The van der Waals surface area contributed by atoms with Gasteiger partial charge in [-0.05, 0) is 56.2 Å². The first kappa shape index (κ1) is 15.8. The van der Waals surface area contributed by atoms with Gasteiger partial charge in [0, 0.05) is 17.8 Å². The SMILES string of the molecule is Cc1nc(-c2cnn(C(C)c3ccc(C4CC4)cc3C)c2)cc(=O)[nH]1. The van der Waals surface area contributed by atoms with Gasteiger partial charge in [0.25, 0.3) is 5.56 Å². The lowest BCUT2D eigenvalue weighted by Crippen LogP contribution is -2.09. The molecule has 1 aliphatic rings. The molecule has 2 heterocycles. The van der Waals surface area contributed by atoms with Crippen LogP contribution < -0.4 is 5.56 Å². The summed E-state index contributed by atoms with van der Waals surface area (Å²) in [5.41, 5.74) is 5.40. The van der Waals surface area contributed by atoms with Crippen LogP contribution in [0.4, 0.5) is 0 Å². The molecule has 2 aromatic heterocycles. The molecule has 0 aliphatic heterocycles. The Morgan fingerprint density at radius 1 is 1.24 bits per heavy atom. The molecule has 1 fully saturated rings. The van der Waals surface area contributed by atoms with Gasteiger partial charge in [-0.3, -0.25) is 9.48 Å². The molecule has 0 saturated heterocycles. The lowest BCUT2D eigenvalue weighted by molar-refractivity contribution is 0.562. The number of hydrogen-bond donors (Lipinski definition) is 1. The second-order valence-corrected chi connectivity index (χ2v) is 6.99. The first-order chi connectivity index (χ1) is 12.0. The van der Waals surface area contributed by atoms with E-state index in [0.29, 0.717) is 11.5 Å². The van der Waals surface area contributed by atoms with Crippen LogP contribution in [0.1, 0.15) is 54.2 Å². The van der Waals surface area contributed by atoms with E-state index < -0.39 is 0 Å². The van der Waals surface area contributed by atoms with Crippen LogP contribution in [-0.2, 0) is 0 Å². The number of aryl methyl sites for hydroxylation is 2. The maximum absolute atomic E-state index is 11.7. The summed E-state index contributed by atoms with van der Waals surface area (Å²) in [4.78, 5) is 18.7. The molecular weight excluding hydrogens is 312 g/mol. The predicted molar refractivity (Wildman–Crippen MR) is 97.8 cm³/mol. The topological polar surface area (TPSA) is 63.6 Å². The van der Waals surface area contributed by atoms with Gasteiger partial charge in [0.15, 0.2) is 0 Å². The minimum atomic E-state index is -0.144. The summed E-state index contributed by atoms with van der Waals surface area (Å²) in [6.07, 6.45) is 6.37. The number of aromatic nitrogens is 4. The van der Waals surface area contributed by atoms with Gasteiger partial charge in [-0.15, -0.1) is 0 Å². The Kier molecular flexibility index (Phi) is 3.79. The molecule has 0 spiro atoms. The van der Waals surface area contributed by atoms with E-state index in [9.17, 15) is 4.79 Å². The van der Waals surface area contributed by atoms with E-state index in [1.807, 2.05) is 10.9 Å². The number of rotatable bonds is 4. The number of nitrogens with zero attached hydrogens (tertiary/aromatic N) is 3. The van der Waals surface area contributed by atoms with Crippen molar-refractivity contribution >= 4 is 0 Å². The Balaban J connectivity index is 1.64. The van der Waals surface area contributed by atoms with E-state index in [1.54, 1.807) is 13.1 Å². The molecule has 128 valence electrons. The van der Waals surface area contributed by atoms with E-state index in [4.69, 9.17) is 0 Å². The zero-order valence-electron chi connectivity index (χ0n) is 14.8. The molecule has 5 nitrogen and oxygen atoms in total. The Labute approximate surface area is 146 Å². The molecule has 0 amide bonds. The fourth-order valence-electron chi connectivity index (χ4n) is 3.39. The fraction of sp³-hybridized carbons (Fsp3) is 0.350. The molecule has 1 N–H and O–H groups in total. The maximum Gasteiger partial charge on any atom is 0.251 e. The second kappa shape index (κ2) is 5.99. The number of hydrogen-bond acceptors (Lipinski definition) is 3. The number of aromatic amines is 1. The van der Waals surface area contributed by atoms with Crippen LogP contribution in [0.25, 0.3) is 11.3 Å². The molecule has 0 radical (unpaired) electrons. The van der Waals surface area contributed by atoms with Crippen molar-refractivity contribution in [2.24, 2.45) is 0 Å². The van der Waals surface area contributed by atoms with Crippen molar-refractivity contribution in [2.75, 3.05) is 0 Å². The molecule has 1 atom stereocenters. The zero-order chi connectivity index (χ0) is 17.6. The minimum Gasteiger partial charge on any atom is -0.311 e. The van der Waals surface area contributed by atoms with E-state index in [1.165, 1.54) is 35.6 Å². The average Bonchev–Trinajstić information content (AvgIpc) is 3.30. The lowest BCUT2D eigenvalue weighted by atomic mass is 9.98. The van der Waals surface area contributed by atoms with E-state index >= 15 is 0 Å². The Bertz CT molecular complexity index is 981. The summed E-state index contributed by atoms with van der Waals surface area (Å²) in [5, 5.41) is 4.50. The van der Waals surface area contributed by atoms with Crippen molar-refractivity contribution < 1.29 is 0 Å². The highest BCUT2D eigenvalue weighted by molar-refractivity contribution is 5.56. The Morgan fingerprint density at radius 3 is 2.72 bits per heavy atom. The van der Waals surface area contributed by atoms with Crippen LogP contribution in [-0.4, -0.2) is 19.7 Å². The summed E-state index contributed by atoms with van der Waals surface area (Å²) in [6, 6.07) is 8.43. The van der Waals surface area contributed by atoms with Crippen LogP contribution in [0.5, 0.6) is 0 Å². The van der Waals surface area contributed by atoms with E-state index in [-0.39, 0.29) is 11.6 Å². The number of H-pyrrole nitrogens is 1. The highest BCUT2D eigenvalue weighted by Gasteiger charge is 2.24. The van der Waals surface area contributed by atoms with Crippen molar-refractivity contribution in [1.29, 1.82) is 0 Å². The maximum atomic E-state index is 11.7. The number of benzene rings is 1. The van der Waals surface area contributed by atoms with Crippen LogP contribution in [0, 0.1) is 13.8 Å². The molecule has 1 saturated carbocycles. The molecule has 4 rings (SSSR count). The van der Waals surface area contributed by atoms with Crippen LogP contribution in [0.15, 0.2) is 41.5 Å². The van der Waals surface area contributed by atoms with Gasteiger partial charge in [-0.2, -0.15) is 5.10 Å². The first-order valence-electron chi connectivity index (χ1n) is 8.74. The monoisotopic (exact) mass is 334 g/mol. The molecule has 3 aromatic rings. The lowest BCUT2D eigenvalue weighted by Gasteiger charge is -2.16. The van der Waals surface area contributed by atoms with Crippen LogP contribution in [0.2, 0.25) is 0 Å². The van der Waals surface area contributed by atoms with Crippen molar-refractivity contribution in [3.63, 3.8) is 0 Å². The normalized spacial score (nSPS) is 15.3. The Morgan fingerprint density at radius 2 is 2.04 bits per heavy atom. The van der Waals surface area contributed by atoms with Gasteiger partial charge in [0.05, 0.1) is 17.9 Å². The molecule has 0 bridgehead atoms. The fourth-order valence-corrected chi connectivity index (χ4v) is 3.39. The van der Waals surface area contributed by atoms with Crippen molar-refractivity contribution in [3.05, 3.63) is 69.5 Å². The van der Waals surface area contributed by atoms with Crippen LogP contribution in [0.3, 0.4) is 0 Å². The number of nitrogens with one attached hydrogen (secondary N) is 1. The summed E-state index contributed by atoms with van der Waals surface area (Å²) in [7, 11) is 0. The van der Waals surface area contributed by atoms with Gasteiger partial charge >= 0.3 is 0 Å². The van der Waals surface area contributed by atoms with Gasteiger partial charge < -0.3 is 4.98 Å². The third-order valence-electron chi connectivity index (χ3n) is 4.95. The summed E-state index contributed by atoms with van der Waals surface area (Å²) >= 11 is 0. The van der Waals surface area contributed by atoms with Crippen molar-refractivity contribution in [1.82, 2.24) is 19.7 Å². The highest BCUT2D eigenvalue weighted by atomic mass is 16.1. The molecular formula is C20H22N4O. The van der Waals surface area contributed by atoms with Crippen molar-refractivity contribution in [3.8, 4) is 11.3 Å². The van der Waals surface area contributed by atoms with Crippen molar-refractivity contribution in [2.45, 2.75) is 45.6 Å². The minimum absolute atomic E-state index is 0.130. The standard InChI is InChI=1S/C20H22N4O/c1-12-8-16(15-4-5-15)6-7-18(12)13(2)24-11-17(10-21-24)19-9-20(25)23-14(3)22-19/h6-11,13,15H,4-5H2,1-3H3,(H,22,23,25). The first-order valence-corrected chi connectivity index (χ1v) is 8.74. The molecule has 1 aromatic carbocycles. The third kappa shape index (κ3) is 3.14. The molecule has 1 unspecified atom stereocenters. The van der Waals surface area contributed by atoms with Crippen LogP contribution >= 0.6 is 0 Å². The van der Waals surface area contributed by atoms with Gasteiger partial charge in [-0.1, -0.05) is 18.2 Å². The third-order valence-corrected chi connectivity index (χ3v) is 4.95. The quantitative estimate of drug-likeness (QED) is 0.790. The largest absolute Gasteiger partial charge is 0.311 e. The van der Waals surface area contributed by atoms with E-state index in [0.717, 1.165) is 11.5 Å². The smallest absolute Gasteiger partial charge is 0.251 e. The predicted octanol–water partition coefficient (Wildman–Crippen LogP) is 3.74. The van der Waals surface area contributed by atoms with Gasteiger partial charge in [0.1, 0.15) is 5.82 Å². The summed E-state index contributed by atoms with van der Waals surface area (Å²) in [5.74, 6) is 1.37. The highest BCUT2D eigenvalue weighted by Crippen LogP contribution is 2.41. The molecule has 5 heteroatoms. The average molecular weight is 334 g/mol. The molecule has 25 heavy (non-hydrogen) atoms. The zero-order valence-corrected chi connectivity index (χ0v) is 14.8. The summed E-state index contributed by atoms with van der Waals surface area (Å²) < 4.78 is 1.94. The Hall–Kier alpha value is -2.69. The van der Waals surface area contributed by atoms with E-state index in [2.05, 4.69) is 47.1 Å². The summed E-state index contributed by atoms with van der Waals surface area (Å²) in [6.45, 7) is 6.10.